The van der Waals surface area contributed by atoms with Gasteiger partial charge in [-0.25, -0.2) is 13.1 Å². The molecule has 1 N–H and O–H groups in total. The Kier molecular flexibility index (Phi) is 8.23. The van der Waals surface area contributed by atoms with E-state index in [2.05, 4.69) is 32.9 Å². The van der Waals surface area contributed by atoms with Crippen molar-refractivity contribution in [3.63, 3.8) is 0 Å². The minimum absolute atomic E-state index is 0.0585. The highest BCUT2D eigenvalue weighted by Crippen LogP contribution is 2.66. The topological polar surface area (TPSA) is 101 Å². The number of hydrogen-bond donors (Lipinski definition) is 1. The van der Waals surface area contributed by atoms with Gasteiger partial charge in [-0.05, 0) is 80.5 Å². The second kappa shape index (κ2) is 12.1. The molecule has 2 aromatic carbocycles. The van der Waals surface area contributed by atoms with Crippen molar-refractivity contribution in [3.8, 4) is 17.0 Å². The molecule has 2 amide bonds. The minimum atomic E-state index is -3.80. The van der Waals surface area contributed by atoms with Crippen LogP contribution in [0.3, 0.4) is 0 Å². The van der Waals surface area contributed by atoms with Crippen molar-refractivity contribution in [1.29, 1.82) is 0 Å². The number of ether oxygens (including phenoxy) is 1. The molecule has 1 aromatic heterocycles. The van der Waals surface area contributed by atoms with Crippen molar-refractivity contribution >= 4 is 32.7 Å². The molecule has 47 heavy (non-hydrogen) atoms. The molecule has 2 unspecified atom stereocenters. The van der Waals surface area contributed by atoms with Crippen LogP contribution < -0.4 is 9.46 Å². The number of carbonyl (C=O) groups excluding carboxylic acids is 2. The van der Waals surface area contributed by atoms with Gasteiger partial charge >= 0.3 is 0 Å². The maximum atomic E-state index is 14.7. The minimum Gasteiger partial charge on any atom is -0.497 e. The van der Waals surface area contributed by atoms with Crippen LogP contribution in [0, 0.1) is 5.41 Å². The molecule has 3 heterocycles. The quantitative estimate of drug-likeness (QED) is 0.314. The molecule has 9 nitrogen and oxygen atoms in total. The third-order valence-corrected chi connectivity index (χ3v) is 12.8. The van der Waals surface area contributed by atoms with Crippen molar-refractivity contribution in [2.24, 2.45) is 5.41 Å². The fourth-order valence-corrected chi connectivity index (χ4v) is 8.97. The van der Waals surface area contributed by atoms with Crippen LogP contribution in [0.4, 0.5) is 0 Å². The van der Waals surface area contributed by atoms with Crippen LogP contribution in [0.5, 0.6) is 5.75 Å². The number of hydrogen-bond acceptors (Lipinski definition) is 6. The number of carbonyl (C=O) groups is 2. The summed E-state index contributed by atoms with van der Waals surface area (Å²) in [5, 5.41) is 0.346. The van der Waals surface area contributed by atoms with Gasteiger partial charge in [0.15, 0.2) is 0 Å². The number of nitrogens with zero attached hydrogens (tertiary/aromatic N) is 3. The zero-order valence-electron chi connectivity index (χ0n) is 27.8. The van der Waals surface area contributed by atoms with E-state index in [9.17, 15) is 18.0 Å². The van der Waals surface area contributed by atoms with Crippen LogP contribution in [0.2, 0.25) is 0 Å². The van der Waals surface area contributed by atoms with Crippen LogP contribution in [0.1, 0.15) is 85.7 Å². The normalized spacial score (nSPS) is 23.1. The van der Waals surface area contributed by atoms with Gasteiger partial charge in [-0.2, -0.15) is 0 Å². The highest BCUT2D eigenvalue weighted by Gasteiger charge is 2.64. The lowest BCUT2D eigenvalue weighted by Gasteiger charge is -2.36. The van der Waals surface area contributed by atoms with Gasteiger partial charge in [0.05, 0.1) is 23.5 Å². The number of benzene rings is 2. The highest BCUT2D eigenvalue weighted by molar-refractivity contribution is 7.90. The number of rotatable bonds is 8. The summed E-state index contributed by atoms with van der Waals surface area (Å²) in [4.78, 5) is 32.4. The molecule has 4 aliphatic rings. The summed E-state index contributed by atoms with van der Waals surface area (Å²) in [7, 11) is -2.12. The molecular formula is C37H46N4O5S. The zero-order chi connectivity index (χ0) is 33.1. The molecule has 10 heteroatoms. The van der Waals surface area contributed by atoms with E-state index in [0.717, 1.165) is 72.4 Å². The predicted octanol–water partition coefficient (Wildman–Crippen LogP) is 5.65. The number of sulfonamides is 1. The fraction of sp³-hybridized carbons (Fsp3) is 0.514. The van der Waals surface area contributed by atoms with E-state index < -0.39 is 26.6 Å². The van der Waals surface area contributed by atoms with Gasteiger partial charge in [-0.15, -0.1) is 6.58 Å². The molecule has 7 rings (SSSR count). The van der Waals surface area contributed by atoms with Crippen LogP contribution >= 0.6 is 0 Å². The maximum absolute atomic E-state index is 14.7. The van der Waals surface area contributed by atoms with E-state index in [4.69, 9.17) is 4.74 Å². The Morgan fingerprint density at radius 2 is 1.81 bits per heavy atom. The first-order valence-electron chi connectivity index (χ1n) is 17.1. The van der Waals surface area contributed by atoms with E-state index in [1.807, 2.05) is 29.2 Å². The number of piperazine rings is 1. The number of amides is 2. The summed E-state index contributed by atoms with van der Waals surface area (Å²) in [6.45, 7) is 11.3. The zero-order valence-corrected chi connectivity index (χ0v) is 28.6. The summed E-state index contributed by atoms with van der Waals surface area (Å²) in [6.07, 6.45) is 8.42. The highest BCUT2D eigenvalue weighted by atomic mass is 32.2. The summed E-state index contributed by atoms with van der Waals surface area (Å²) < 4.78 is 35.5. The van der Waals surface area contributed by atoms with Gasteiger partial charge in [0.1, 0.15) is 5.75 Å². The molecule has 2 aliphatic carbocycles. The van der Waals surface area contributed by atoms with Crippen molar-refractivity contribution in [2.45, 2.75) is 76.0 Å². The number of nitrogens with one attached hydrogen (secondary N) is 1. The van der Waals surface area contributed by atoms with Crippen molar-refractivity contribution in [1.82, 2.24) is 19.1 Å². The Hall–Kier alpha value is -3.63. The molecule has 250 valence electrons. The molecule has 3 aromatic rings. The molecule has 3 fully saturated rings. The van der Waals surface area contributed by atoms with E-state index in [-0.39, 0.29) is 11.8 Å². The first-order chi connectivity index (χ1) is 22.6. The largest absolute Gasteiger partial charge is 0.497 e. The number of fused-ring (bicyclic) bond motifs is 7. The SMILES string of the molecule is C=CCN1CCN(C(=O)C23CC2c2cc(OC)ccc2-c2c(C4CCCCC4)c4ccc(C(=O)NS(=O)(=O)C(C)C)cc4n2C3)CC1. The summed E-state index contributed by atoms with van der Waals surface area (Å²) in [6, 6.07) is 11.9. The van der Waals surface area contributed by atoms with Gasteiger partial charge in [0.2, 0.25) is 15.9 Å². The average molecular weight is 659 g/mol. The van der Waals surface area contributed by atoms with Gasteiger partial charge in [-0.3, -0.25) is 14.5 Å². The van der Waals surface area contributed by atoms with Gasteiger partial charge in [0.25, 0.3) is 5.91 Å². The Balaban J connectivity index is 1.39. The van der Waals surface area contributed by atoms with E-state index in [1.54, 1.807) is 27.0 Å². The van der Waals surface area contributed by atoms with Crippen molar-refractivity contribution < 1.29 is 22.7 Å². The molecule has 2 atom stereocenters. The molecule has 2 aliphatic heterocycles. The number of aromatic nitrogens is 1. The summed E-state index contributed by atoms with van der Waals surface area (Å²) in [5.41, 5.74) is 5.27. The average Bonchev–Trinajstić information content (AvgIpc) is 3.74. The van der Waals surface area contributed by atoms with Crippen LogP contribution in [0.15, 0.2) is 49.1 Å². The molecule has 0 bridgehead atoms. The van der Waals surface area contributed by atoms with Crippen molar-refractivity contribution in [2.75, 3.05) is 39.8 Å². The third kappa shape index (κ3) is 5.47. The first kappa shape index (κ1) is 31.9. The van der Waals surface area contributed by atoms with E-state index >= 15 is 0 Å². The Bertz CT molecular complexity index is 1850. The fourth-order valence-electron chi connectivity index (χ4n) is 8.36. The lowest BCUT2D eigenvalue weighted by Crippen LogP contribution is -2.51. The Morgan fingerprint density at radius 1 is 1.06 bits per heavy atom. The monoisotopic (exact) mass is 658 g/mol. The maximum Gasteiger partial charge on any atom is 0.264 e. The van der Waals surface area contributed by atoms with E-state index in [1.165, 1.54) is 24.8 Å². The smallest absolute Gasteiger partial charge is 0.264 e. The third-order valence-electron chi connectivity index (χ3n) is 11.1. The van der Waals surface area contributed by atoms with E-state index in [0.29, 0.717) is 31.1 Å². The Morgan fingerprint density at radius 3 is 2.49 bits per heavy atom. The van der Waals surface area contributed by atoms with Crippen LogP contribution in [-0.4, -0.2) is 79.7 Å². The summed E-state index contributed by atoms with van der Waals surface area (Å²) >= 11 is 0. The second-order valence-corrected chi connectivity index (χ2v) is 16.4. The Labute approximate surface area is 278 Å². The van der Waals surface area contributed by atoms with Crippen LogP contribution in [0.25, 0.3) is 22.2 Å². The molecular weight excluding hydrogens is 612 g/mol. The van der Waals surface area contributed by atoms with Gasteiger partial charge in [0, 0.05) is 67.2 Å². The molecule has 0 radical (unpaired) electrons. The van der Waals surface area contributed by atoms with Crippen LogP contribution in [-0.2, 0) is 21.4 Å². The second-order valence-electron chi connectivity index (χ2n) is 14.2. The lowest BCUT2D eigenvalue weighted by molar-refractivity contribution is -0.139. The lowest BCUT2D eigenvalue weighted by atomic mass is 9.81. The number of methoxy groups -OCH3 is 1. The van der Waals surface area contributed by atoms with Crippen molar-refractivity contribution in [3.05, 3.63) is 65.7 Å². The molecule has 1 saturated heterocycles. The van der Waals surface area contributed by atoms with Gasteiger partial charge in [-0.1, -0.05) is 31.4 Å². The van der Waals surface area contributed by atoms with Gasteiger partial charge < -0.3 is 14.2 Å². The standard InChI is InChI=1S/C37H46N4O5S/c1-5-15-39-16-18-40(19-17-39)36(43)37-22-31(37)30-21-27(46-4)12-14-28(30)34-33(25-9-7-6-8-10-25)29-13-11-26(20-32(29)41(34)23-37)35(42)38-47(44,45)24(2)3/h5,11-14,20-21,24-25,31H,1,6-10,15-19,22-23H2,2-4H3,(H,38,42). The predicted molar refractivity (Wildman–Crippen MR) is 184 cm³/mol. The first-order valence-corrected chi connectivity index (χ1v) is 18.7. The molecule has 0 spiro atoms. The molecule has 2 saturated carbocycles. The summed E-state index contributed by atoms with van der Waals surface area (Å²) in [5.74, 6) is 0.756.